The molecule has 1 aliphatic heterocycles. The molecule has 2 heterocycles. The molecule has 25 heavy (non-hydrogen) atoms. The summed E-state index contributed by atoms with van der Waals surface area (Å²) in [6, 6.07) is 9.71. The first-order valence-corrected chi connectivity index (χ1v) is 10.8. The topological polar surface area (TPSA) is 66.5 Å². The molecule has 1 fully saturated rings. The maximum Gasteiger partial charge on any atom is 0.271 e. The number of thiophene rings is 1. The van der Waals surface area contributed by atoms with E-state index in [0.717, 1.165) is 42.1 Å². The second-order valence-corrected chi connectivity index (χ2v) is 9.47. The highest BCUT2D eigenvalue weighted by molar-refractivity contribution is 7.94. The van der Waals surface area contributed by atoms with Gasteiger partial charge in [0.2, 0.25) is 5.91 Å². The molecule has 1 aliphatic rings. The molecule has 0 radical (unpaired) electrons. The molecular formula is C17H19ClN2O3S2. The van der Waals surface area contributed by atoms with Crippen LogP contribution in [0.25, 0.3) is 0 Å². The van der Waals surface area contributed by atoms with Gasteiger partial charge in [-0.25, -0.2) is 8.42 Å². The van der Waals surface area contributed by atoms with Gasteiger partial charge in [-0.2, -0.15) is 0 Å². The molecule has 0 saturated carbocycles. The van der Waals surface area contributed by atoms with Gasteiger partial charge in [0.1, 0.15) is 4.21 Å². The molecule has 1 aromatic carbocycles. The Labute approximate surface area is 156 Å². The third-order valence-corrected chi connectivity index (χ3v) is 7.24. The monoisotopic (exact) mass is 398 g/mol. The molecule has 0 unspecified atom stereocenters. The van der Waals surface area contributed by atoms with E-state index < -0.39 is 10.0 Å². The zero-order valence-electron chi connectivity index (χ0n) is 13.6. The fraction of sp³-hybridized carbons (Fsp3) is 0.353. The summed E-state index contributed by atoms with van der Waals surface area (Å²) in [7, 11) is -3.67. The van der Waals surface area contributed by atoms with E-state index in [1.807, 2.05) is 4.90 Å². The van der Waals surface area contributed by atoms with Gasteiger partial charge in [0.15, 0.2) is 0 Å². The third kappa shape index (κ3) is 4.74. The Hall–Kier alpha value is -1.57. The highest BCUT2D eigenvalue weighted by Crippen LogP contribution is 2.25. The second-order valence-electron chi connectivity index (χ2n) is 5.95. The highest BCUT2D eigenvalue weighted by Gasteiger charge is 2.20. The molecule has 3 rings (SSSR count). The summed E-state index contributed by atoms with van der Waals surface area (Å²) in [5.74, 6) is 0.0659. The molecule has 0 atom stereocenters. The van der Waals surface area contributed by atoms with Crippen LogP contribution in [-0.4, -0.2) is 32.3 Å². The average molecular weight is 399 g/mol. The smallest absolute Gasteiger partial charge is 0.271 e. The number of halogens is 1. The number of likely N-dealkylation sites (tertiary alicyclic amines) is 1. The highest BCUT2D eigenvalue weighted by atomic mass is 35.5. The number of hydrogen-bond donors (Lipinski definition) is 1. The van der Waals surface area contributed by atoms with Crippen LogP contribution < -0.4 is 4.72 Å². The van der Waals surface area contributed by atoms with E-state index in [1.54, 1.807) is 36.4 Å². The first-order valence-electron chi connectivity index (χ1n) is 8.09. The van der Waals surface area contributed by atoms with Crippen molar-refractivity contribution in [3.63, 3.8) is 0 Å². The van der Waals surface area contributed by atoms with Crippen molar-refractivity contribution in [2.45, 2.75) is 29.9 Å². The minimum absolute atomic E-state index is 0.0659. The van der Waals surface area contributed by atoms with Crippen LogP contribution in [0.15, 0.2) is 40.6 Å². The Kier molecular flexibility index (Phi) is 5.66. The number of nitrogens with zero attached hydrogens (tertiary/aromatic N) is 1. The predicted octanol–water partition coefficient (Wildman–Crippen LogP) is 3.76. The number of piperidine rings is 1. The number of carbonyl (C=O) groups excluding carboxylic acids is 1. The summed E-state index contributed by atoms with van der Waals surface area (Å²) in [4.78, 5) is 14.9. The van der Waals surface area contributed by atoms with Crippen LogP contribution in [0.4, 0.5) is 5.69 Å². The third-order valence-electron chi connectivity index (χ3n) is 4.03. The average Bonchev–Trinajstić information content (AvgIpc) is 3.07. The van der Waals surface area contributed by atoms with Crippen molar-refractivity contribution in [3.8, 4) is 0 Å². The fourth-order valence-electron chi connectivity index (χ4n) is 2.73. The van der Waals surface area contributed by atoms with Crippen LogP contribution in [0.5, 0.6) is 0 Å². The van der Waals surface area contributed by atoms with Crippen molar-refractivity contribution in [1.29, 1.82) is 0 Å². The molecule has 8 heteroatoms. The van der Waals surface area contributed by atoms with E-state index in [2.05, 4.69) is 4.72 Å². The van der Waals surface area contributed by atoms with Gasteiger partial charge >= 0.3 is 0 Å². The molecule has 134 valence electrons. The van der Waals surface area contributed by atoms with E-state index >= 15 is 0 Å². The number of anilines is 1. The lowest BCUT2D eigenvalue weighted by Crippen LogP contribution is -2.36. The Bertz CT molecular complexity index is 841. The van der Waals surface area contributed by atoms with Gasteiger partial charge in [-0.1, -0.05) is 11.6 Å². The zero-order valence-corrected chi connectivity index (χ0v) is 16.0. The number of hydrogen-bond acceptors (Lipinski definition) is 4. The molecule has 0 spiro atoms. The lowest BCUT2D eigenvalue weighted by atomic mass is 10.1. The van der Waals surface area contributed by atoms with Crippen molar-refractivity contribution >= 4 is 44.6 Å². The van der Waals surface area contributed by atoms with Crippen molar-refractivity contribution in [1.82, 2.24) is 4.90 Å². The maximum atomic E-state index is 12.5. The summed E-state index contributed by atoms with van der Waals surface area (Å²) in [5, 5.41) is 0.539. The van der Waals surface area contributed by atoms with E-state index in [4.69, 9.17) is 11.6 Å². The predicted molar refractivity (Wildman–Crippen MR) is 101 cm³/mol. The largest absolute Gasteiger partial charge is 0.342 e. The van der Waals surface area contributed by atoms with Gasteiger partial charge in [0, 0.05) is 28.7 Å². The SMILES string of the molecule is O=C(Cc1ccc(S(=O)(=O)Nc2ccc(Cl)cc2)s1)N1CCCCC1. The summed E-state index contributed by atoms with van der Waals surface area (Å²) in [6.07, 6.45) is 3.50. The summed E-state index contributed by atoms with van der Waals surface area (Å²) < 4.78 is 27.6. The molecular weight excluding hydrogens is 380 g/mol. The van der Waals surface area contributed by atoms with Crippen molar-refractivity contribution < 1.29 is 13.2 Å². The standard InChI is InChI=1S/C17H19ClN2O3S2/c18-13-4-6-14(7-5-13)19-25(22,23)17-9-8-15(24-17)12-16(21)20-10-2-1-3-11-20/h4-9,19H,1-3,10-12H2. The van der Waals surface area contributed by atoms with Crippen LogP contribution in [0.2, 0.25) is 5.02 Å². The van der Waals surface area contributed by atoms with Gasteiger partial charge in [-0.05, 0) is 55.7 Å². The molecule has 1 amide bonds. The molecule has 0 aliphatic carbocycles. The maximum absolute atomic E-state index is 12.5. The Morgan fingerprint density at radius 3 is 2.44 bits per heavy atom. The molecule has 1 saturated heterocycles. The molecule has 2 aromatic rings. The van der Waals surface area contributed by atoms with E-state index in [9.17, 15) is 13.2 Å². The van der Waals surface area contributed by atoms with Gasteiger partial charge in [-0.15, -0.1) is 11.3 Å². The minimum Gasteiger partial charge on any atom is -0.342 e. The van der Waals surface area contributed by atoms with Crippen molar-refractivity contribution in [2.24, 2.45) is 0 Å². The van der Waals surface area contributed by atoms with Crippen molar-refractivity contribution in [2.75, 3.05) is 17.8 Å². The first-order chi connectivity index (χ1) is 11.9. The van der Waals surface area contributed by atoms with Gasteiger partial charge in [0.05, 0.1) is 6.42 Å². The lowest BCUT2D eigenvalue weighted by molar-refractivity contribution is -0.131. The van der Waals surface area contributed by atoms with Gasteiger partial charge < -0.3 is 4.90 Å². The van der Waals surface area contributed by atoms with E-state index in [-0.39, 0.29) is 16.5 Å². The quantitative estimate of drug-likeness (QED) is 0.833. The van der Waals surface area contributed by atoms with Crippen LogP contribution in [0.1, 0.15) is 24.1 Å². The fourth-order valence-corrected chi connectivity index (χ4v) is 5.26. The molecule has 1 aromatic heterocycles. The summed E-state index contributed by atoms with van der Waals surface area (Å²) >= 11 is 6.94. The number of sulfonamides is 1. The van der Waals surface area contributed by atoms with Crippen molar-refractivity contribution in [3.05, 3.63) is 46.3 Å². The Morgan fingerprint density at radius 1 is 1.08 bits per heavy atom. The molecule has 5 nitrogen and oxygen atoms in total. The number of benzene rings is 1. The number of nitrogens with one attached hydrogen (secondary N) is 1. The van der Waals surface area contributed by atoms with Crippen LogP contribution in [0, 0.1) is 0 Å². The Morgan fingerprint density at radius 2 is 1.76 bits per heavy atom. The van der Waals surface area contributed by atoms with Crippen LogP contribution in [0.3, 0.4) is 0 Å². The second kappa shape index (κ2) is 7.76. The van der Waals surface area contributed by atoms with Gasteiger partial charge in [-0.3, -0.25) is 9.52 Å². The first kappa shape index (κ1) is 18.2. The van der Waals surface area contributed by atoms with Crippen LogP contribution >= 0.6 is 22.9 Å². The molecule has 1 N–H and O–H groups in total. The lowest BCUT2D eigenvalue weighted by Gasteiger charge is -2.26. The Balaban J connectivity index is 1.67. The number of carbonyl (C=O) groups is 1. The minimum atomic E-state index is -3.67. The summed E-state index contributed by atoms with van der Waals surface area (Å²) in [6.45, 7) is 1.60. The van der Waals surface area contributed by atoms with E-state index in [0.29, 0.717) is 10.7 Å². The van der Waals surface area contributed by atoms with E-state index in [1.165, 1.54) is 6.42 Å². The number of amides is 1. The summed E-state index contributed by atoms with van der Waals surface area (Å²) in [5.41, 5.74) is 0.448. The molecule has 0 bridgehead atoms. The number of rotatable bonds is 5. The normalized spacial score (nSPS) is 15.2. The van der Waals surface area contributed by atoms with Crippen LogP contribution in [-0.2, 0) is 21.2 Å². The van der Waals surface area contributed by atoms with Gasteiger partial charge in [0.25, 0.3) is 10.0 Å². The zero-order chi connectivity index (χ0) is 17.9.